The summed E-state index contributed by atoms with van der Waals surface area (Å²) < 4.78 is 1.55. The summed E-state index contributed by atoms with van der Waals surface area (Å²) >= 11 is 1.40. The molecule has 0 saturated carbocycles. The maximum Gasteiger partial charge on any atom is 0.252 e. The van der Waals surface area contributed by atoms with E-state index in [1.54, 1.807) is 9.58 Å². The second-order valence-electron chi connectivity index (χ2n) is 6.10. The van der Waals surface area contributed by atoms with Crippen LogP contribution in [0.25, 0.3) is 0 Å². The van der Waals surface area contributed by atoms with Gasteiger partial charge in [-0.1, -0.05) is 17.7 Å². The van der Waals surface area contributed by atoms with Crippen molar-refractivity contribution in [1.82, 2.24) is 19.7 Å². The number of thiazole rings is 1. The Kier molecular flexibility index (Phi) is 4.82. The number of nitriles is 1. The van der Waals surface area contributed by atoms with Crippen LogP contribution in [0.4, 0.5) is 10.8 Å². The Morgan fingerprint density at radius 1 is 1.31 bits per heavy atom. The van der Waals surface area contributed by atoms with Crippen LogP contribution in [0.3, 0.4) is 0 Å². The number of hydrogen-bond donors (Lipinski definition) is 0. The zero-order chi connectivity index (χ0) is 18.8. The van der Waals surface area contributed by atoms with Crippen molar-refractivity contribution in [1.29, 1.82) is 5.26 Å². The Morgan fingerprint density at radius 2 is 2.00 bits per heavy atom. The minimum absolute atomic E-state index is 0.0894. The van der Waals surface area contributed by atoms with Crippen molar-refractivity contribution in [3.05, 3.63) is 52.0 Å². The molecule has 8 heteroatoms. The molecule has 1 amide bonds. The topological polar surface area (TPSA) is 87.7 Å². The summed E-state index contributed by atoms with van der Waals surface area (Å²) in [6.45, 7) is 7.97. The van der Waals surface area contributed by atoms with E-state index in [1.165, 1.54) is 24.6 Å². The zero-order valence-corrected chi connectivity index (χ0v) is 15.8. The van der Waals surface area contributed by atoms with Gasteiger partial charge in [0, 0.05) is 12.3 Å². The summed E-state index contributed by atoms with van der Waals surface area (Å²) in [5, 5.41) is 15.3. The van der Waals surface area contributed by atoms with Crippen LogP contribution in [-0.2, 0) is 11.3 Å². The first kappa shape index (κ1) is 17.8. The van der Waals surface area contributed by atoms with E-state index in [9.17, 15) is 4.79 Å². The molecule has 0 unspecified atom stereocenters. The van der Waals surface area contributed by atoms with Crippen LogP contribution in [0.2, 0.25) is 0 Å². The van der Waals surface area contributed by atoms with Crippen LogP contribution in [0.5, 0.6) is 0 Å². The zero-order valence-electron chi connectivity index (χ0n) is 15.0. The van der Waals surface area contributed by atoms with E-state index < -0.39 is 0 Å². The highest BCUT2D eigenvalue weighted by Gasteiger charge is 2.22. The van der Waals surface area contributed by atoms with E-state index >= 15 is 0 Å². The van der Waals surface area contributed by atoms with Crippen LogP contribution in [0.15, 0.2) is 23.8 Å². The Balaban J connectivity index is 1.94. The van der Waals surface area contributed by atoms with E-state index in [-0.39, 0.29) is 11.7 Å². The predicted octanol–water partition coefficient (Wildman–Crippen LogP) is 3.26. The highest BCUT2D eigenvalue weighted by Crippen LogP contribution is 2.34. The SMILES string of the molecule is CC(=O)N(c1nc(Cn2cnc(C#N)n2)cs1)c1c(C)cc(C)cc1C. The minimum Gasteiger partial charge on any atom is -0.274 e. The molecule has 0 aliphatic carbocycles. The van der Waals surface area contributed by atoms with Crippen molar-refractivity contribution in [2.45, 2.75) is 34.2 Å². The second kappa shape index (κ2) is 7.06. The van der Waals surface area contributed by atoms with Gasteiger partial charge in [0.1, 0.15) is 12.4 Å². The number of amides is 1. The fourth-order valence-corrected chi connectivity index (χ4v) is 3.84. The molecule has 3 rings (SSSR count). The van der Waals surface area contributed by atoms with Gasteiger partial charge in [-0.25, -0.2) is 14.6 Å². The van der Waals surface area contributed by atoms with Gasteiger partial charge in [-0.05, 0) is 31.9 Å². The number of benzene rings is 1. The second-order valence-corrected chi connectivity index (χ2v) is 6.94. The lowest BCUT2D eigenvalue weighted by Gasteiger charge is -2.23. The molecule has 2 heterocycles. The fraction of sp³-hybridized carbons (Fsp3) is 0.278. The molecular formula is C18H18N6OS. The molecule has 0 saturated heterocycles. The smallest absolute Gasteiger partial charge is 0.252 e. The van der Waals surface area contributed by atoms with Crippen LogP contribution < -0.4 is 4.90 Å². The molecule has 0 atom stereocenters. The van der Waals surface area contributed by atoms with E-state index in [0.717, 1.165) is 28.1 Å². The van der Waals surface area contributed by atoms with Crippen LogP contribution >= 0.6 is 11.3 Å². The molecular weight excluding hydrogens is 348 g/mol. The Labute approximate surface area is 155 Å². The number of carbonyl (C=O) groups is 1. The first-order valence-electron chi connectivity index (χ1n) is 8.01. The molecule has 0 radical (unpaired) electrons. The fourth-order valence-electron chi connectivity index (χ4n) is 2.97. The van der Waals surface area contributed by atoms with Crippen molar-refractivity contribution in [2.75, 3.05) is 4.90 Å². The summed E-state index contributed by atoms with van der Waals surface area (Å²) in [4.78, 5) is 22.5. The quantitative estimate of drug-likeness (QED) is 0.707. The number of aryl methyl sites for hydroxylation is 3. The van der Waals surface area contributed by atoms with Crippen LogP contribution in [0.1, 0.15) is 35.1 Å². The number of nitrogens with zero attached hydrogens (tertiary/aromatic N) is 6. The summed E-state index contributed by atoms with van der Waals surface area (Å²) in [6.07, 6.45) is 1.49. The van der Waals surface area contributed by atoms with E-state index in [2.05, 4.69) is 27.2 Å². The number of carbonyl (C=O) groups excluding carboxylic acids is 1. The van der Waals surface area contributed by atoms with Gasteiger partial charge in [-0.2, -0.15) is 5.26 Å². The average molecular weight is 366 g/mol. The molecule has 0 aliphatic heterocycles. The molecule has 1 aromatic carbocycles. The van der Waals surface area contributed by atoms with E-state index in [4.69, 9.17) is 5.26 Å². The van der Waals surface area contributed by atoms with E-state index in [1.807, 2.05) is 32.2 Å². The highest BCUT2D eigenvalue weighted by molar-refractivity contribution is 7.14. The Bertz CT molecular complexity index is 990. The Hall–Kier alpha value is -3.05. The molecule has 0 spiro atoms. The monoisotopic (exact) mass is 366 g/mol. The molecule has 26 heavy (non-hydrogen) atoms. The lowest BCUT2D eigenvalue weighted by Crippen LogP contribution is -2.24. The summed E-state index contributed by atoms with van der Waals surface area (Å²) in [6, 6.07) is 6.02. The summed E-state index contributed by atoms with van der Waals surface area (Å²) in [5.41, 5.74) is 4.85. The van der Waals surface area contributed by atoms with Gasteiger partial charge < -0.3 is 0 Å². The third-order valence-corrected chi connectivity index (χ3v) is 4.74. The molecule has 0 N–H and O–H groups in total. The van der Waals surface area contributed by atoms with Crippen molar-refractivity contribution >= 4 is 28.1 Å². The number of rotatable bonds is 4. The van der Waals surface area contributed by atoms with Crippen LogP contribution in [0, 0.1) is 32.1 Å². The van der Waals surface area contributed by atoms with Gasteiger partial charge in [0.25, 0.3) is 5.82 Å². The Morgan fingerprint density at radius 3 is 2.58 bits per heavy atom. The molecule has 3 aromatic rings. The van der Waals surface area contributed by atoms with Crippen LogP contribution in [-0.4, -0.2) is 25.7 Å². The third kappa shape index (κ3) is 3.48. The molecule has 0 fully saturated rings. The van der Waals surface area contributed by atoms with Crippen molar-refractivity contribution in [3.8, 4) is 6.07 Å². The average Bonchev–Trinajstić information content (AvgIpc) is 3.20. The number of anilines is 2. The maximum atomic E-state index is 12.4. The first-order chi connectivity index (χ1) is 12.4. The predicted molar refractivity (Wildman–Crippen MR) is 99.4 cm³/mol. The van der Waals surface area contributed by atoms with Gasteiger partial charge in [0.15, 0.2) is 5.13 Å². The van der Waals surface area contributed by atoms with E-state index in [0.29, 0.717) is 11.7 Å². The molecule has 7 nitrogen and oxygen atoms in total. The largest absolute Gasteiger partial charge is 0.274 e. The van der Waals surface area contributed by atoms with Gasteiger partial charge in [0.05, 0.1) is 17.9 Å². The van der Waals surface area contributed by atoms with Crippen molar-refractivity contribution < 1.29 is 4.79 Å². The standard InChI is InChI=1S/C18H18N6OS/c1-11-5-12(2)17(13(3)6-11)24(14(4)25)18-21-15(9-26-18)8-23-10-20-16(7-19)22-23/h5-6,9-10H,8H2,1-4H3. The lowest BCUT2D eigenvalue weighted by molar-refractivity contribution is -0.115. The minimum atomic E-state index is -0.0894. The van der Waals surface area contributed by atoms with Gasteiger partial charge in [-0.3, -0.25) is 9.69 Å². The molecule has 0 aliphatic rings. The summed E-state index contributed by atoms with van der Waals surface area (Å²) in [7, 11) is 0. The molecule has 0 bridgehead atoms. The van der Waals surface area contributed by atoms with Gasteiger partial charge in [0.2, 0.25) is 5.91 Å². The van der Waals surface area contributed by atoms with Gasteiger partial charge >= 0.3 is 0 Å². The summed E-state index contributed by atoms with van der Waals surface area (Å²) in [5.74, 6) is 0.0326. The lowest BCUT2D eigenvalue weighted by atomic mass is 10.0. The normalized spacial score (nSPS) is 10.6. The number of aromatic nitrogens is 4. The molecule has 132 valence electrons. The first-order valence-corrected chi connectivity index (χ1v) is 8.89. The highest BCUT2D eigenvalue weighted by atomic mass is 32.1. The molecule has 2 aromatic heterocycles. The third-order valence-electron chi connectivity index (χ3n) is 3.87. The van der Waals surface area contributed by atoms with Gasteiger partial charge in [-0.15, -0.1) is 16.4 Å². The van der Waals surface area contributed by atoms with Crippen molar-refractivity contribution in [3.63, 3.8) is 0 Å². The maximum absolute atomic E-state index is 12.4. The number of hydrogen-bond acceptors (Lipinski definition) is 6. The van der Waals surface area contributed by atoms with Crippen molar-refractivity contribution in [2.24, 2.45) is 0 Å².